The zero-order valence-corrected chi connectivity index (χ0v) is 20.3. The van der Waals surface area contributed by atoms with E-state index in [9.17, 15) is 9.59 Å². The summed E-state index contributed by atoms with van der Waals surface area (Å²) in [5, 5.41) is 0. The van der Waals surface area contributed by atoms with Crippen molar-refractivity contribution >= 4 is 12.1 Å². The van der Waals surface area contributed by atoms with E-state index in [1.54, 1.807) is 4.90 Å². The van der Waals surface area contributed by atoms with Gasteiger partial charge in [0.05, 0.1) is 6.61 Å². The Morgan fingerprint density at radius 3 is 2.36 bits per heavy atom. The molecule has 5 rings (SSSR count). The Hall–Kier alpha value is -2.28. The van der Waals surface area contributed by atoms with Crippen molar-refractivity contribution in [3.63, 3.8) is 0 Å². The summed E-state index contributed by atoms with van der Waals surface area (Å²) in [6.45, 7) is 5.95. The van der Waals surface area contributed by atoms with Crippen LogP contribution in [-0.2, 0) is 16.7 Å². The molecule has 3 fully saturated rings. The molecular weight excluding hydrogens is 416 g/mol. The molecule has 0 aromatic heterocycles. The number of likely N-dealkylation sites (tertiary alicyclic amines) is 1. The van der Waals surface area contributed by atoms with Crippen LogP contribution in [0.3, 0.4) is 0 Å². The normalized spacial score (nSPS) is 28.5. The predicted molar refractivity (Wildman–Crippen MR) is 127 cm³/mol. The Bertz CT molecular complexity index is 881. The number of hydrogen-bond acceptors (Lipinski definition) is 4. The number of fused-ring (bicyclic) bond motifs is 4. The van der Waals surface area contributed by atoms with Crippen LogP contribution in [0, 0.1) is 0 Å². The summed E-state index contributed by atoms with van der Waals surface area (Å²) < 4.78 is 5.34. The second-order valence-corrected chi connectivity index (χ2v) is 10.6. The van der Waals surface area contributed by atoms with Crippen molar-refractivity contribution in [2.45, 2.75) is 75.5 Å². The van der Waals surface area contributed by atoms with Crippen LogP contribution in [-0.4, -0.2) is 90.2 Å². The molecule has 33 heavy (non-hydrogen) atoms. The van der Waals surface area contributed by atoms with Gasteiger partial charge in [0.15, 0.2) is 0 Å². The minimum Gasteiger partial charge on any atom is -0.450 e. The van der Waals surface area contributed by atoms with Gasteiger partial charge >= 0.3 is 12.1 Å². The lowest BCUT2D eigenvalue weighted by Crippen LogP contribution is -2.58. The number of urea groups is 1. The first kappa shape index (κ1) is 22.5. The number of carbonyl (C=O) groups excluding carboxylic acids is 2. The highest BCUT2D eigenvalue weighted by molar-refractivity contribution is 5.74. The summed E-state index contributed by atoms with van der Waals surface area (Å²) in [5.41, 5.74) is 2.79. The van der Waals surface area contributed by atoms with E-state index in [1.807, 2.05) is 30.8 Å². The van der Waals surface area contributed by atoms with Gasteiger partial charge in [-0.15, -0.1) is 0 Å². The fraction of sp³-hybridized carbons (Fsp3) is 0.692. The zero-order chi connectivity index (χ0) is 23.2. The van der Waals surface area contributed by atoms with Crippen molar-refractivity contribution in [1.82, 2.24) is 19.6 Å². The molecule has 0 N–H and O–H groups in total. The lowest BCUT2D eigenvalue weighted by Gasteiger charge is -2.51. The Morgan fingerprint density at radius 1 is 1.06 bits per heavy atom. The molecule has 0 saturated carbocycles. The van der Waals surface area contributed by atoms with Crippen LogP contribution >= 0.6 is 0 Å². The number of hydrogen-bond donors (Lipinski definition) is 0. The first-order valence-electron chi connectivity index (χ1n) is 12.7. The largest absolute Gasteiger partial charge is 0.450 e. The summed E-state index contributed by atoms with van der Waals surface area (Å²) in [7, 11) is 3.68. The third-order valence-electron chi connectivity index (χ3n) is 8.55. The number of carbonyl (C=O) groups is 2. The van der Waals surface area contributed by atoms with Gasteiger partial charge in [-0.2, -0.15) is 0 Å². The Kier molecular flexibility index (Phi) is 6.02. The lowest BCUT2D eigenvalue weighted by atomic mass is 9.68. The highest BCUT2D eigenvalue weighted by Gasteiger charge is 2.48. The Morgan fingerprint density at radius 2 is 1.73 bits per heavy atom. The second-order valence-electron chi connectivity index (χ2n) is 10.6. The van der Waals surface area contributed by atoms with E-state index in [2.05, 4.69) is 29.2 Å². The predicted octanol–water partition coefficient (Wildman–Crippen LogP) is 3.67. The van der Waals surface area contributed by atoms with Crippen LogP contribution in [0.1, 0.15) is 56.6 Å². The molecule has 7 heteroatoms. The van der Waals surface area contributed by atoms with Gasteiger partial charge in [-0.3, -0.25) is 0 Å². The third kappa shape index (κ3) is 3.98. The third-order valence-corrected chi connectivity index (χ3v) is 8.55. The van der Waals surface area contributed by atoms with Gasteiger partial charge in [0.25, 0.3) is 0 Å². The Balaban J connectivity index is 1.29. The summed E-state index contributed by atoms with van der Waals surface area (Å²) >= 11 is 0. The average Bonchev–Trinajstić information content (AvgIpc) is 3.08. The molecule has 4 aliphatic heterocycles. The number of rotatable bonds is 2. The van der Waals surface area contributed by atoms with E-state index in [1.165, 1.54) is 11.1 Å². The molecule has 4 heterocycles. The molecule has 4 aliphatic rings. The van der Waals surface area contributed by atoms with Gasteiger partial charge in [0.1, 0.15) is 0 Å². The number of nitrogens with zero attached hydrogens (tertiary/aromatic N) is 4. The van der Waals surface area contributed by atoms with Gasteiger partial charge in [0.2, 0.25) is 0 Å². The summed E-state index contributed by atoms with van der Waals surface area (Å²) in [4.78, 5) is 33.8. The molecule has 1 aromatic carbocycles. The fourth-order valence-electron chi connectivity index (χ4n) is 6.99. The molecule has 3 amide bonds. The number of ether oxygens (including phenoxy) is 1. The summed E-state index contributed by atoms with van der Waals surface area (Å²) in [5.74, 6) is 0. The van der Waals surface area contributed by atoms with Crippen LogP contribution in [0.25, 0.3) is 0 Å². The fourth-order valence-corrected chi connectivity index (χ4v) is 6.99. The molecule has 3 saturated heterocycles. The maximum absolute atomic E-state index is 12.9. The highest BCUT2D eigenvalue weighted by atomic mass is 16.6. The molecule has 180 valence electrons. The molecule has 0 radical (unpaired) electrons. The average molecular weight is 455 g/mol. The lowest BCUT2D eigenvalue weighted by molar-refractivity contribution is 0.0213. The Labute approximate surface area is 197 Å². The van der Waals surface area contributed by atoms with E-state index >= 15 is 0 Å². The first-order chi connectivity index (χ1) is 15.9. The van der Waals surface area contributed by atoms with Crippen molar-refractivity contribution in [2.75, 3.05) is 40.3 Å². The van der Waals surface area contributed by atoms with Crippen molar-refractivity contribution in [1.29, 1.82) is 0 Å². The maximum Gasteiger partial charge on any atom is 0.410 e. The van der Waals surface area contributed by atoms with E-state index in [0.717, 1.165) is 58.2 Å². The topological polar surface area (TPSA) is 56.3 Å². The summed E-state index contributed by atoms with van der Waals surface area (Å²) in [6, 6.07) is 10.0. The molecule has 1 spiro atoms. The van der Waals surface area contributed by atoms with E-state index in [-0.39, 0.29) is 17.5 Å². The quantitative estimate of drug-likeness (QED) is 0.684. The number of benzene rings is 1. The SMILES string of the molecule is CCOC(=O)N1C2CCC1CC(N1CCC3(CC1)CN(C(=O)N(C)C)Cc1ccccc13)C2. The van der Waals surface area contributed by atoms with E-state index in [4.69, 9.17) is 4.74 Å². The smallest absolute Gasteiger partial charge is 0.410 e. The minimum absolute atomic E-state index is 0.0433. The van der Waals surface area contributed by atoms with E-state index < -0.39 is 0 Å². The van der Waals surface area contributed by atoms with Crippen molar-refractivity contribution in [2.24, 2.45) is 0 Å². The van der Waals surface area contributed by atoms with Crippen LogP contribution in [0.15, 0.2) is 24.3 Å². The van der Waals surface area contributed by atoms with Gasteiger partial charge in [0, 0.05) is 50.7 Å². The minimum atomic E-state index is -0.120. The highest BCUT2D eigenvalue weighted by Crippen LogP contribution is 2.44. The number of amides is 3. The molecule has 2 bridgehead atoms. The van der Waals surface area contributed by atoms with E-state index in [0.29, 0.717) is 31.3 Å². The molecule has 0 aliphatic carbocycles. The van der Waals surface area contributed by atoms with Crippen molar-refractivity contribution in [3.8, 4) is 0 Å². The molecule has 2 unspecified atom stereocenters. The summed E-state index contributed by atoms with van der Waals surface area (Å²) in [6.07, 6.45) is 6.36. The van der Waals surface area contributed by atoms with Crippen LogP contribution in [0.5, 0.6) is 0 Å². The maximum atomic E-state index is 12.9. The van der Waals surface area contributed by atoms with Crippen molar-refractivity contribution in [3.05, 3.63) is 35.4 Å². The van der Waals surface area contributed by atoms with Crippen molar-refractivity contribution < 1.29 is 14.3 Å². The zero-order valence-electron chi connectivity index (χ0n) is 20.3. The van der Waals surface area contributed by atoms with Crippen LogP contribution < -0.4 is 0 Å². The second kappa shape index (κ2) is 8.82. The standard InChI is InChI=1S/C26H38N4O3/c1-4-33-25(32)30-20-9-10-21(30)16-22(15-20)28-13-11-26(12-14-28)18-29(24(31)27(2)3)17-19-7-5-6-8-23(19)26/h5-8,20-22H,4,9-18H2,1-3H3. The van der Waals surface area contributed by atoms with Gasteiger partial charge in [-0.25, -0.2) is 9.59 Å². The molecule has 2 atom stereocenters. The first-order valence-corrected chi connectivity index (χ1v) is 12.7. The molecular formula is C26H38N4O3. The molecule has 7 nitrogen and oxygen atoms in total. The monoisotopic (exact) mass is 454 g/mol. The van der Waals surface area contributed by atoms with Gasteiger partial charge < -0.3 is 24.3 Å². The molecule has 1 aromatic rings. The number of piperidine rings is 2. The van der Waals surface area contributed by atoms with Gasteiger partial charge in [-0.05, 0) is 69.7 Å². The van der Waals surface area contributed by atoms with Crippen LogP contribution in [0.2, 0.25) is 0 Å². The van der Waals surface area contributed by atoms with Crippen LogP contribution in [0.4, 0.5) is 9.59 Å². The van der Waals surface area contributed by atoms with Gasteiger partial charge in [-0.1, -0.05) is 24.3 Å².